The number of aliphatic hydroxyl groups is 1. The molecule has 102 valence electrons. The van der Waals surface area contributed by atoms with Gasteiger partial charge in [0.2, 0.25) is 0 Å². The van der Waals surface area contributed by atoms with Crippen LogP contribution in [0.2, 0.25) is 0 Å². The van der Waals surface area contributed by atoms with Gasteiger partial charge in [-0.25, -0.2) is 8.42 Å². The summed E-state index contributed by atoms with van der Waals surface area (Å²) in [6, 6.07) is 6.53. The largest absolute Gasteiger partial charge is 0.392 e. The number of aliphatic hydroxyl groups excluding tert-OH is 1. The second-order valence-electron chi connectivity index (χ2n) is 4.06. The molecule has 0 fully saturated rings. The number of anilines is 1. The molecule has 4 nitrogen and oxygen atoms in total. The van der Waals surface area contributed by atoms with Gasteiger partial charge in [-0.3, -0.25) is 4.72 Å². The quantitative estimate of drug-likeness (QED) is 0.891. The highest BCUT2D eigenvalue weighted by molar-refractivity contribution is 7.92. The number of hydrogen-bond acceptors (Lipinski definition) is 4. The Kier molecular flexibility index (Phi) is 4.24. The summed E-state index contributed by atoms with van der Waals surface area (Å²) in [5, 5.41) is 12.8. The van der Waals surface area contributed by atoms with Crippen molar-refractivity contribution in [1.29, 1.82) is 0 Å². The van der Waals surface area contributed by atoms with Gasteiger partial charge in [-0.15, -0.1) is 0 Å². The van der Waals surface area contributed by atoms with E-state index in [1.165, 1.54) is 17.4 Å². The highest BCUT2D eigenvalue weighted by Gasteiger charge is 2.16. The maximum Gasteiger partial charge on any atom is 0.261 e. The first-order chi connectivity index (χ1) is 9.06. The van der Waals surface area contributed by atoms with Crippen molar-refractivity contribution in [2.75, 3.05) is 4.72 Å². The Bertz CT molecular complexity index is 649. The van der Waals surface area contributed by atoms with Crippen molar-refractivity contribution in [2.24, 2.45) is 0 Å². The summed E-state index contributed by atoms with van der Waals surface area (Å²) in [6.45, 7) is 1.80. The minimum atomic E-state index is -3.60. The third kappa shape index (κ3) is 3.15. The fourth-order valence-electron chi connectivity index (χ4n) is 1.80. The van der Waals surface area contributed by atoms with Gasteiger partial charge in [-0.05, 0) is 41.1 Å². The smallest absolute Gasteiger partial charge is 0.261 e. The minimum absolute atomic E-state index is 0.162. The standard InChI is InChI=1S/C13H15NO3S2/c1-2-10-3-4-13(7-11(10)8-15)19(16,17)14-12-5-6-18-9-12/h3-7,9,14-15H,2,8H2,1H3. The molecule has 2 rings (SSSR count). The van der Waals surface area contributed by atoms with Gasteiger partial charge >= 0.3 is 0 Å². The van der Waals surface area contributed by atoms with Crippen molar-refractivity contribution in [3.05, 3.63) is 46.2 Å². The molecule has 0 bridgehead atoms. The highest BCUT2D eigenvalue weighted by Crippen LogP contribution is 2.21. The van der Waals surface area contributed by atoms with Crippen LogP contribution >= 0.6 is 11.3 Å². The van der Waals surface area contributed by atoms with E-state index in [2.05, 4.69) is 4.72 Å². The molecule has 0 saturated carbocycles. The zero-order valence-electron chi connectivity index (χ0n) is 10.5. The first kappa shape index (κ1) is 14.0. The van der Waals surface area contributed by atoms with Gasteiger partial charge < -0.3 is 5.11 Å². The molecule has 0 unspecified atom stereocenters. The Morgan fingerprint density at radius 2 is 2.05 bits per heavy atom. The maximum atomic E-state index is 12.2. The van der Waals surface area contributed by atoms with Gasteiger partial charge in [-0.1, -0.05) is 13.0 Å². The molecule has 0 aliphatic rings. The first-order valence-corrected chi connectivity index (χ1v) is 8.27. The number of benzene rings is 1. The number of rotatable bonds is 5. The lowest BCUT2D eigenvalue weighted by molar-refractivity contribution is 0.280. The molecule has 6 heteroatoms. The van der Waals surface area contributed by atoms with E-state index in [1.807, 2.05) is 6.92 Å². The third-order valence-corrected chi connectivity index (χ3v) is 4.87. The van der Waals surface area contributed by atoms with Crippen LogP contribution in [0.5, 0.6) is 0 Å². The van der Waals surface area contributed by atoms with Crippen molar-refractivity contribution in [2.45, 2.75) is 24.8 Å². The number of thiophene rings is 1. The molecule has 0 spiro atoms. The van der Waals surface area contributed by atoms with Crippen LogP contribution in [0.3, 0.4) is 0 Å². The average molecular weight is 297 g/mol. The van der Waals surface area contributed by atoms with E-state index in [1.54, 1.807) is 29.0 Å². The Balaban J connectivity index is 2.35. The molecule has 0 aliphatic heterocycles. The van der Waals surface area contributed by atoms with Crippen molar-refractivity contribution in [3.8, 4) is 0 Å². The topological polar surface area (TPSA) is 66.4 Å². The van der Waals surface area contributed by atoms with Gasteiger partial charge in [-0.2, -0.15) is 11.3 Å². The normalized spacial score (nSPS) is 11.5. The fourth-order valence-corrected chi connectivity index (χ4v) is 3.56. The lowest BCUT2D eigenvalue weighted by Gasteiger charge is -2.10. The molecule has 0 radical (unpaired) electrons. The summed E-state index contributed by atoms with van der Waals surface area (Å²) in [5.74, 6) is 0. The summed E-state index contributed by atoms with van der Waals surface area (Å²) >= 11 is 1.42. The number of hydrogen-bond donors (Lipinski definition) is 2. The summed E-state index contributed by atoms with van der Waals surface area (Å²) in [4.78, 5) is 0.167. The molecule has 0 atom stereocenters. The van der Waals surface area contributed by atoms with Crippen LogP contribution in [0, 0.1) is 0 Å². The molecular formula is C13H15NO3S2. The van der Waals surface area contributed by atoms with Crippen LogP contribution in [0.4, 0.5) is 5.69 Å². The van der Waals surface area contributed by atoms with Crippen molar-refractivity contribution in [3.63, 3.8) is 0 Å². The Labute approximate surface area is 116 Å². The van der Waals surface area contributed by atoms with E-state index in [9.17, 15) is 13.5 Å². The van der Waals surface area contributed by atoms with Crippen molar-refractivity contribution in [1.82, 2.24) is 0 Å². The summed E-state index contributed by atoms with van der Waals surface area (Å²) in [6.07, 6.45) is 0.758. The van der Waals surface area contributed by atoms with Crippen LogP contribution in [0.15, 0.2) is 39.9 Å². The molecule has 0 saturated heterocycles. The number of aryl methyl sites for hydroxylation is 1. The molecular weight excluding hydrogens is 282 g/mol. The maximum absolute atomic E-state index is 12.2. The predicted octanol–water partition coefficient (Wildman–Crippen LogP) is 2.60. The monoisotopic (exact) mass is 297 g/mol. The molecule has 0 amide bonds. The average Bonchev–Trinajstić information content (AvgIpc) is 2.89. The van der Waals surface area contributed by atoms with Crippen LogP contribution < -0.4 is 4.72 Å². The molecule has 1 aromatic carbocycles. The predicted molar refractivity (Wildman–Crippen MR) is 76.9 cm³/mol. The van der Waals surface area contributed by atoms with E-state index in [-0.39, 0.29) is 11.5 Å². The van der Waals surface area contributed by atoms with E-state index in [0.29, 0.717) is 11.3 Å². The highest BCUT2D eigenvalue weighted by atomic mass is 32.2. The molecule has 0 aliphatic carbocycles. The molecule has 2 aromatic rings. The number of sulfonamides is 1. The Hall–Kier alpha value is -1.37. The van der Waals surface area contributed by atoms with E-state index < -0.39 is 10.0 Å². The molecule has 2 N–H and O–H groups in total. The molecule has 1 aromatic heterocycles. The van der Waals surface area contributed by atoms with Gasteiger partial charge in [0.25, 0.3) is 10.0 Å². The van der Waals surface area contributed by atoms with E-state index >= 15 is 0 Å². The lowest BCUT2D eigenvalue weighted by Crippen LogP contribution is -2.13. The molecule has 1 heterocycles. The lowest BCUT2D eigenvalue weighted by atomic mass is 10.1. The number of nitrogens with one attached hydrogen (secondary N) is 1. The summed E-state index contributed by atoms with van der Waals surface area (Å²) in [7, 11) is -3.60. The minimum Gasteiger partial charge on any atom is -0.392 e. The Morgan fingerprint density at radius 3 is 2.63 bits per heavy atom. The van der Waals surface area contributed by atoms with Crippen LogP contribution in [-0.4, -0.2) is 13.5 Å². The first-order valence-electron chi connectivity index (χ1n) is 5.84. The van der Waals surface area contributed by atoms with Gasteiger partial charge in [0.05, 0.1) is 17.2 Å². The van der Waals surface area contributed by atoms with Crippen LogP contribution in [-0.2, 0) is 23.1 Å². The SMILES string of the molecule is CCc1ccc(S(=O)(=O)Nc2ccsc2)cc1CO. The van der Waals surface area contributed by atoms with Crippen LogP contribution in [0.1, 0.15) is 18.1 Å². The fraction of sp³-hybridized carbons (Fsp3) is 0.231. The van der Waals surface area contributed by atoms with Crippen LogP contribution in [0.25, 0.3) is 0 Å². The van der Waals surface area contributed by atoms with Crippen molar-refractivity contribution >= 4 is 27.0 Å². The van der Waals surface area contributed by atoms with Gasteiger partial charge in [0.1, 0.15) is 0 Å². The second-order valence-corrected chi connectivity index (χ2v) is 6.52. The zero-order chi connectivity index (χ0) is 13.9. The Morgan fingerprint density at radius 1 is 1.26 bits per heavy atom. The van der Waals surface area contributed by atoms with Gasteiger partial charge in [0, 0.05) is 5.38 Å². The molecule has 19 heavy (non-hydrogen) atoms. The summed E-state index contributed by atoms with van der Waals surface area (Å²) < 4.78 is 26.9. The second kappa shape index (κ2) is 5.73. The summed E-state index contributed by atoms with van der Waals surface area (Å²) in [5.41, 5.74) is 2.16. The van der Waals surface area contributed by atoms with E-state index in [4.69, 9.17) is 0 Å². The van der Waals surface area contributed by atoms with Crippen molar-refractivity contribution < 1.29 is 13.5 Å². The zero-order valence-corrected chi connectivity index (χ0v) is 12.1. The van der Waals surface area contributed by atoms with Gasteiger partial charge in [0.15, 0.2) is 0 Å². The third-order valence-electron chi connectivity index (χ3n) is 2.81. The van der Waals surface area contributed by atoms with E-state index in [0.717, 1.165) is 12.0 Å².